The summed E-state index contributed by atoms with van der Waals surface area (Å²) < 4.78 is 5.80. The number of nitrogens with zero attached hydrogens (tertiary/aromatic N) is 2. The predicted molar refractivity (Wildman–Crippen MR) is 80.2 cm³/mol. The maximum Gasteiger partial charge on any atom is 0.347 e. The molecule has 0 N–H and O–H groups in total. The zero-order chi connectivity index (χ0) is 16.0. The fourth-order valence-electron chi connectivity index (χ4n) is 1.69. The van der Waals surface area contributed by atoms with Gasteiger partial charge in [0, 0.05) is 17.3 Å². The van der Waals surface area contributed by atoms with E-state index in [0.717, 1.165) is 16.3 Å². The molecule has 0 unspecified atom stereocenters. The van der Waals surface area contributed by atoms with E-state index in [1.807, 2.05) is 0 Å². The molecule has 0 aliphatic rings. The smallest absolute Gasteiger partial charge is 0.347 e. The first-order valence-corrected chi connectivity index (χ1v) is 7.67. The second-order valence-corrected chi connectivity index (χ2v) is 5.50. The number of halogens is 1. The van der Waals surface area contributed by atoms with Crippen LogP contribution in [0.2, 0.25) is 0 Å². The summed E-state index contributed by atoms with van der Waals surface area (Å²) in [6.07, 6.45) is 0. The Morgan fingerprint density at radius 3 is 2.76 bits per heavy atom. The van der Waals surface area contributed by atoms with Crippen LogP contribution in [0.1, 0.15) is 12.6 Å². The van der Waals surface area contributed by atoms with Crippen molar-refractivity contribution in [2.45, 2.75) is 25.3 Å². The topological polar surface area (TPSA) is 91.4 Å². The number of carbonyl (C=O) groups excluding carboxylic acids is 1. The Balaban J connectivity index is 3.28. The van der Waals surface area contributed by atoms with Crippen LogP contribution in [0.15, 0.2) is 15.8 Å². The second kappa shape index (κ2) is 8.04. The fourth-order valence-corrected chi connectivity index (χ4v) is 2.77. The van der Waals surface area contributed by atoms with Gasteiger partial charge in [0.15, 0.2) is 0 Å². The third-order valence-electron chi connectivity index (χ3n) is 2.56. The van der Waals surface area contributed by atoms with Crippen molar-refractivity contribution in [3.63, 3.8) is 0 Å². The number of alkyl halides is 1. The minimum Gasteiger partial charge on any atom is -0.465 e. The van der Waals surface area contributed by atoms with Crippen molar-refractivity contribution in [1.82, 2.24) is 4.57 Å². The number of hydrogen-bond acceptors (Lipinski definition) is 6. The molecule has 1 aromatic rings. The summed E-state index contributed by atoms with van der Waals surface area (Å²) in [7, 11) is 0. The standard InChI is InChI=1S/C12H15ClN2O5S/c1-3-20-10(16)7-14-8(2)6-9(21-5-4-13)11(12(14)17)15(18)19/h6H,3-5,7H2,1-2H3. The molecule has 0 fully saturated rings. The van der Waals surface area contributed by atoms with Gasteiger partial charge in [0.2, 0.25) is 0 Å². The van der Waals surface area contributed by atoms with Gasteiger partial charge in [-0.25, -0.2) is 0 Å². The van der Waals surface area contributed by atoms with Crippen molar-refractivity contribution in [2.75, 3.05) is 18.2 Å². The van der Waals surface area contributed by atoms with Gasteiger partial charge < -0.3 is 4.74 Å². The lowest BCUT2D eigenvalue weighted by atomic mass is 10.3. The van der Waals surface area contributed by atoms with Gasteiger partial charge in [-0.2, -0.15) is 0 Å². The van der Waals surface area contributed by atoms with Crippen molar-refractivity contribution in [1.29, 1.82) is 0 Å². The lowest BCUT2D eigenvalue weighted by molar-refractivity contribution is -0.389. The van der Waals surface area contributed by atoms with E-state index in [9.17, 15) is 19.7 Å². The van der Waals surface area contributed by atoms with E-state index in [2.05, 4.69) is 0 Å². The molecule has 0 aliphatic heterocycles. The number of pyridine rings is 1. The Labute approximate surface area is 130 Å². The molecule has 7 nitrogen and oxygen atoms in total. The zero-order valence-corrected chi connectivity index (χ0v) is 13.2. The van der Waals surface area contributed by atoms with Crippen molar-refractivity contribution < 1.29 is 14.5 Å². The van der Waals surface area contributed by atoms with Crippen molar-refractivity contribution >= 4 is 35.0 Å². The van der Waals surface area contributed by atoms with Crippen LogP contribution in [0.5, 0.6) is 0 Å². The van der Waals surface area contributed by atoms with Crippen molar-refractivity contribution in [3.05, 3.63) is 32.2 Å². The third-order valence-corrected chi connectivity index (χ3v) is 4.00. The van der Waals surface area contributed by atoms with Gasteiger partial charge in [0.25, 0.3) is 0 Å². The number of thioether (sulfide) groups is 1. The molecule has 116 valence electrons. The van der Waals surface area contributed by atoms with E-state index in [1.54, 1.807) is 13.8 Å². The molecule has 1 heterocycles. The maximum absolute atomic E-state index is 12.2. The number of ether oxygens (including phenoxy) is 1. The van der Waals surface area contributed by atoms with Crippen LogP contribution >= 0.6 is 23.4 Å². The van der Waals surface area contributed by atoms with Crippen LogP contribution in [-0.4, -0.2) is 33.7 Å². The molecule has 0 bridgehead atoms. The molecule has 0 radical (unpaired) electrons. The van der Waals surface area contributed by atoms with Crippen LogP contribution in [-0.2, 0) is 16.1 Å². The Bertz CT molecular complexity index is 602. The van der Waals surface area contributed by atoms with E-state index < -0.39 is 22.1 Å². The molecule has 0 atom stereocenters. The van der Waals surface area contributed by atoms with Gasteiger partial charge in [-0.1, -0.05) is 0 Å². The first kappa shape index (κ1) is 17.5. The van der Waals surface area contributed by atoms with Gasteiger partial charge in [-0.3, -0.25) is 24.3 Å². The highest BCUT2D eigenvalue weighted by atomic mass is 35.5. The number of carbonyl (C=O) groups is 1. The van der Waals surface area contributed by atoms with E-state index in [4.69, 9.17) is 16.3 Å². The molecule has 0 aliphatic carbocycles. The summed E-state index contributed by atoms with van der Waals surface area (Å²) in [5.41, 5.74) is -0.902. The zero-order valence-electron chi connectivity index (χ0n) is 11.6. The summed E-state index contributed by atoms with van der Waals surface area (Å²) in [5.74, 6) is 0.147. The number of esters is 1. The SMILES string of the molecule is CCOC(=O)Cn1c(C)cc(SCCCl)c([N+](=O)[O-])c1=O. The molecule has 1 aromatic heterocycles. The monoisotopic (exact) mass is 334 g/mol. The molecule has 0 amide bonds. The van der Waals surface area contributed by atoms with Gasteiger partial charge in [0.1, 0.15) is 6.54 Å². The van der Waals surface area contributed by atoms with Gasteiger partial charge >= 0.3 is 17.2 Å². The van der Waals surface area contributed by atoms with Crippen LogP contribution in [0, 0.1) is 17.0 Å². The second-order valence-electron chi connectivity index (χ2n) is 3.99. The summed E-state index contributed by atoms with van der Waals surface area (Å²) in [6.45, 7) is 3.08. The molecule has 0 spiro atoms. The fraction of sp³-hybridized carbons (Fsp3) is 0.500. The Morgan fingerprint density at radius 2 is 2.24 bits per heavy atom. The summed E-state index contributed by atoms with van der Waals surface area (Å²) in [4.78, 5) is 34.3. The minimum atomic E-state index is -0.815. The Morgan fingerprint density at radius 1 is 1.57 bits per heavy atom. The number of rotatable bonds is 7. The number of hydrogen-bond donors (Lipinski definition) is 0. The first-order chi connectivity index (χ1) is 9.92. The number of nitro groups is 1. The third kappa shape index (κ3) is 4.47. The molecular weight excluding hydrogens is 320 g/mol. The molecule has 0 saturated carbocycles. The predicted octanol–water partition coefficient (Wildman–Crippen LogP) is 1.96. The number of aryl methyl sites for hydroxylation is 1. The van der Waals surface area contributed by atoms with E-state index in [1.165, 1.54) is 6.07 Å². The summed E-state index contributed by atoms with van der Waals surface area (Å²) in [6, 6.07) is 1.51. The normalized spacial score (nSPS) is 10.4. The van der Waals surface area contributed by atoms with Crippen LogP contribution in [0.4, 0.5) is 5.69 Å². The Kier molecular flexibility index (Phi) is 6.70. The summed E-state index contributed by atoms with van der Waals surface area (Å²) in [5, 5.41) is 11.1. The van der Waals surface area contributed by atoms with Crippen LogP contribution < -0.4 is 5.56 Å². The largest absolute Gasteiger partial charge is 0.465 e. The highest BCUT2D eigenvalue weighted by Gasteiger charge is 2.24. The van der Waals surface area contributed by atoms with Gasteiger partial charge in [0.05, 0.1) is 16.4 Å². The number of aromatic nitrogens is 1. The highest BCUT2D eigenvalue weighted by Crippen LogP contribution is 2.27. The average Bonchev–Trinajstić information content (AvgIpc) is 2.40. The highest BCUT2D eigenvalue weighted by molar-refractivity contribution is 7.99. The Hall–Kier alpha value is -1.54. The van der Waals surface area contributed by atoms with E-state index >= 15 is 0 Å². The molecule has 21 heavy (non-hydrogen) atoms. The summed E-state index contributed by atoms with van der Waals surface area (Å²) >= 11 is 6.70. The lowest BCUT2D eigenvalue weighted by Crippen LogP contribution is -2.29. The molecule has 0 saturated heterocycles. The molecule has 1 rings (SSSR count). The minimum absolute atomic E-state index is 0.179. The lowest BCUT2D eigenvalue weighted by Gasteiger charge is -2.11. The first-order valence-electron chi connectivity index (χ1n) is 6.15. The van der Waals surface area contributed by atoms with E-state index in [0.29, 0.717) is 17.3 Å². The molecule has 0 aromatic carbocycles. The van der Waals surface area contributed by atoms with Gasteiger partial charge in [-0.05, 0) is 19.9 Å². The maximum atomic E-state index is 12.2. The molecule has 9 heteroatoms. The molecular formula is C12H15ClN2O5S. The average molecular weight is 335 g/mol. The quantitative estimate of drug-likeness (QED) is 0.249. The van der Waals surface area contributed by atoms with Crippen LogP contribution in [0.25, 0.3) is 0 Å². The van der Waals surface area contributed by atoms with Crippen molar-refractivity contribution in [2.24, 2.45) is 0 Å². The van der Waals surface area contributed by atoms with E-state index in [-0.39, 0.29) is 18.0 Å². The van der Waals surface area contributed by atoms with Gasteiger partial charge in [-0.15, -0.1) is 23.4 Å². The van der Waals surface area contributed by atoms with Crippen LogP contribution in [0.3, 0.4) is 0 Å². The van der Waals surface area contributed by atoms with Crippen molar-refractivity contribution in [3.8, 4) is 0 Å².